The lowest BCUT2D eigenvalue weighted by molar-refractivity contribution is 0.0660. The fourth-order valence-corrected chi connectivity index (χ4v) is 1.43. The van der Waals surface area contributed by atoms with Gasteiger partial charge in [0.25, 0.3) is 0 Å². The van der Waals surface area contributed by atoms with Crippen LogP contribution in [0.4, 0.5) is 0 Å². The van der Waals surface area contributed by atoms with Crippen LogP contribution >= 0.6 is 0 Å². The Hall–Kier alpha value is -1.37. The van der Waals surface area contributed by atoms with Crippen LogP contribution in [0, 0.1) is 0 Å². The molecule has 0 atom stereocenters. The van der Waals surface area contributed by atoms with Gasteiger partial charge in [-0.1, -0.05) is 0 Å². The second-order valence-corrected chi connectivity index (χ2v) is 4.04. The minimum Gasteiger partial charge on any atom is -0.475 e. The number of carboxylic acid groups (broad SMARTS) is 1. The molecule has 0 aliphatic carbocycles. The van der Waals surface area contributed by atoms with Gasteiger partial charge in [0.15, 0.2) is 0 Å². The summed E-state index contributed by atoms with van der Waals surface area (Å²) in [6.45, 7) is 3.85. The molecule has 1 aromatic rings. The smallest absolute Gasteiger partial charge is 0.371 e. The molecule has 6 heteroatoms. The molecule has 0 saturated heterocycles. The van der Waals surface area contributed by atoms with Crippen molar-refractivity contribution in [2.24, 2.45) is 0 Å². The third-order valence-corrected chi connectivity index (χ3v) is 2.52. The summed E-state index contributed by atoms with van der Waals surface area (Å²) in [5, 5.41) is 11.9. The van der Waals surface area contributed by atoms with E-state index in [2.05, 4.69) is 10.2 Å². The average molecular weight is 256 g/mol. The zero-order valence-corrected chi connectivity index (χ0v) is 10.8. The molecule has 1 rings (SSSR count). The minimum atomic E-state index is -1.04. The van der Waals surface area contributed by atoms with E-state index in [0.717, 1.165) is 26.2 Å². The number of aromatic carboxylic acids is 1. The summed E-state index contributed by atoms with van der Waals surface area (Å²) >= 11 is 0. The quantitative estimate of drug-likeness (QED) is 0.632. The number of methoxy groups -OCH3 is 1. The summed E-state index contributed by atoms with van der Waals surface area (Å²) in [7, 11) is 3.71. The monoisotopic (exact) mass is 256 g/mol. The Balaban J connectivity index is 2.15. The van der Waals surface area contributed by atoms with E-state index in [4.69, 9.17) is 14.3 Å². The lowest BCUT2D eigenvalue weighted by Gasteiger charge is -2.15. The van der Waals surface area contributed by atoms with Crippen LogP contribution in [0.2, 0.25) is 0 Å². The third kappa shape index (κ3) is 5.31. The highest BCUT2D eigenvalue weighted by molar-refractivity contribution is 5.84. The van der Waals surface area contributed by atoms with Gasteiger partial charge in [-0.15, -0.1) is 0 Å². The van der Waals surface area contributed by atoms with Crippen molar-refractivity contribution in [1.29, 1.82) is 0 Å². The van der Waals surface area contributed by atoms with Crippen molar-refractivity contribution in [3.63, 3.8) is 0 Å². The first-order valence-electron chi connectivity index (χ1n) is 5.83. The van der Waals surface area contributed by atoms with E-state index >= 15 is 0 Å². The highest BCUT2D eigenvalue weighted by Gasteiger charge is 2.08. The second kappa shape index (κ2) is 7.86. The molecule has 1 heterocycles. The van der Waals surface area contributed by atoms with E-state index in [1.165, 1.54) is 6.07 Å². The predicted molar refractivity (Wildman–Crippen MR) is 66.7 cm³/mol. The molecule has 0 unspecified atom stereocenters. The first kappa shape index (κ1) is 14.7. The molecule has 2 N–H and O–H groups in total. The maximum atomic E-state index is 10.6. The third-order valence-electron chi connectivity index (χ3n) is 2.52. The molecule has 0 fully saturated rings. The molecule has 0 saturated carbocycles. The van der Waals surface area contributed by atoms with Gasteiger partial charge in [-0.3, -0.25) is 0 Å². The van der Waals surface area contributed by atoms with Crippen LogP contribution in [0.3, 0.4) is 0 Å². The highest BCUT2D eigenvalue weighted by atomic mass is 16.5. The Kier molecular flexibility index (Phi) is 6.42. The van der Waals surface area contributed by atoms with E-state index in [-0.39, 0.29) is 5.76 Å². The lowest BCUT2D eigenvalue weighted by atomic mass is 10.4. The summed E-state index contributed by atoms with van der Waals surface area (Å²) in [6, 6.07) is 3.13. The van der Waals surface area contributed by atoms with E-state index in [0.29, 0.717) is 12.3 Å². The first-order valence-corrected chi connectivity index (χ1v) is 5.83. The highest BCUT2D eigenvalue weighted by Crippen LogP contribution is 2.07. The zero-order valence-electron chi connectivity index (χ0n) is 10.8. The Bertz CT molecular complexity index is 365. The second-order valence-electron chi connectivity index (χ2n) is 4.04. The molecule has 0 bridgehead atoms. The van der Waals surface area contributed by atoms with Crippen LogP contribution in [-0.2, 0) is 11.3 Å². The van der Waals surface area contributed by atoms with Crippen molar-refractivity contribution < 1.29 is 19.1 Å². The average Bonchev–Trinajstić information content (AvgIpc) is 2.81. The molecule has 0 aromatic carbocycles. The molecule has 0 aliphatic rings. The van der Waals surface area contributed by atoms with Gasteiger partial charge in [-0.2, -0.15) is 0 Å². The molecule has 18 heavy (non-hydrogen) atoms. The number of hydrogen-bond acceptors (Lipinski definition) is 5. The Morgan fingerprint density at radius 2 is 2.28 bits per heavy atom. The molecule has 0 radical (unpaired) electrons. The van der Waals surface area contributed by atoms with E-state index < -0.39 is 5.97 Å². The van der Waals surface area contributed by atoms with Crippen LogP contribution in [0.5, 0.6) is 0 Å². The SMILES string of the molecule is COCCN(C)CCNCc1ccc(C(=O)O)o1. The molecule has 102 valence electrons. The minimum absolute atomic E-state index is 0.0241. The predicted octanol–water partition coefficient (Wildman–Crippen LogP) is 0.646. The van der Waals surface area contributed by atoms with Gasteiger partial charge in [-0.25, -0.2) is 4.79 Å². The van der Waals surface area contributed by atoms with Gasteiger partial charge in [0.05, 0.1) is 13.2 Å². The Morgan fingerprint density at radius 3 is 2.89 bits per heavy atom. The zero-order chi connectivity index (χ0) is 13.4. The molecule has 6 nitrogen and oxygen atoms in total. The standard InChI is InChI=1S/C12H20N2O4/c1-14(7-8-17-2)6-5-13-9-10-3-4-11(18-10)12(15)16/h3-4,13H,5-9H2,1-2H3,(H,15,16). The fraction of sp³-hybridized carbons (Fsp3) is 0.583. The molecule has 1 aromatic heterocycles. The number of carboxylic acids is 1. The number of nitrogens with zero attached hydrogens (tertiary/aromatic N) is 1. The number of likely N-dealkylation sites (N-methyl/N-ethyl adjacent to an activating group) is 1. The van der Waals surface area contributed by atoms with Crippen molar-refractivity contribution in [3.05, 3.63) is 23.7 Å². The van der Waals surface area contributed by atoms with Crippen molar-refractivity contribution in [2.45, 2.75) is 6.54 Å². The molecule has 0 aliphatic heterocycles. The van der Waals surface area contributed by atoms with Crippen LogP contribution in [0.15, 0.2) is 16.5 Å². The Morgan fingerprint density at radius 1 is 1.50 bits per heavy atom. The fourth-order valence-electron chi connectivity index (χ4n) is 1.43. The largest absolute Gasteiger partial charge is 0.475 e. The molecule has 0 amide bonds. The van der Waals surface area contributed by atoms with Gasteiger partial charge in [-0.05, 0) is 19.2 Å². The van der Waals surface area contributed by atoms with E-state index in [9.17, 15) is 4.79 Å². The van der Waals surface area contributed by atoms with Gasteiger partial charge < -0.3 is 24.5 Å². The Labute approximate surface area is 107 Å². The number of furan rings is 1. The van der Waals surface area contributed by atoms with Gasteiger partial charge in [0.2, 0.25) is 5.76 Å². The van der Waals surface area contributed by atoms with E-state index in [1.54, 1.807) is 13.2 Å². The summed E-state index contributed by atoms with van der Waals surface area (Å²) in [5.74, 6) is -0.434. The van der Waals surface area contributed by atoms with Crippen molar-refractivity contribution >= 4 is 5.97 Å². The van der Waals surface area contributed by atoms with Crippen molar-refractivity contribution in [2.75, 3.05) is 40.4 Å². The molecular formula is C12H20N2O4. The van der Waals surface area contributed by atoms with Gasteiger partial charge in [0.1, 0.15) is 5.76 Å². The lowest BCUT2D eigenvalue weighted by Crippen LogP contribution is -2.31. The number of nitrogens with one attached hydrogen (secondary N) is 1. The summed E-state index contributed by atoms with van der Waals surface area (Å²) in [4.78, 5) is 12.8. The van der Waals surface area contributed by atoms with Crippen LogP contribution in [-0.4, -0.2) is 56.4 Å². The number of hydrogen-bond donors (Lipinski definition) is 2. The number of rotatable bonds is 9. The van der Waals surface area contributed by atoms with E-state index in [1.807, 2.05) is 7.05 Å². The number of ether oxygens (including phenoxy) is 1. The summed E-state index contributed by atoms with van der Waals surface area (Å²) in [5.41, 5.74) is 0. The van der Waals surface area contributed by atoms with Gasteiger partial charge >= 0.3 is 5.97 Å². The topological polar surface area (TPSA) is 74.9 Å². The maximum absolute atomic E-state index is 10.6. The molecular weight excluding hydrogens is 236 g/mol. The van der Waals surface area contributed by atoms with Crippen molar-refractivity contribution in [3.8, 4) is 0 Å². The van der Waals surface area contributed by atoms with Crippen molar-refractivity contribution in [1.82, 2.24) is 10.2 Å². The first-order chi connectivity index (χ1) is 8.63. The summed E-state index contributed by atoms with van der Waals surface area (Å²) < 4.78 is 10.1. The van der Waals surface area contributed by atoms with Crippen LogP contribution in [0.25, 0.3) is 0 Å². The van der Waals surface area contributed by atoms with Crippen LogP contribution < -0.4 is 5.32 Å². The van der Waals surface area contributed by atoms with Crippen LogP contribution in [0.1, 0.15) is 16.3 Å². The molecule has 0 spiro atoms. The normalized spacial score (nSPS) is 11.1. The maximum Gasteiger partial charge on any atom is 0.371 e. The number of carbonyl (C=O) groups is 1. The van der Waals surface area contributed by atoms with Gasteiger partial charge in [0, 0.05) is 26.7 Å². The summed E-state index contributed by atoms with van der Waals surface area (Å²) in [6.07, 6.45) is 0.